The largest absolute Gasteiger partial charge is 0.313 e. The molecule has 0 aliphatic rings. The van der Waals surface area contributed by atoms with Crippen LogP contribution < -0.4 is 5.32 Å². The Bertz CT molecular complexity index is 166. The topological polar surface area (TPSA) is 18.5 Å². The van der Waals surface area contributed by atoms with Crippen molar-refractivity contribution in [3.8, 4) is 0 Å². The van der Waals surface area contributed by atoms with Crippen LogP contribution in [0.15, 0.2) is 12.2 Å². The molecule has 0 aromatic rings. The van der Waals surface area contributed by atoms with Gasteiger partial charge in [-0.1, -0.05) is 13.5 Å². The molecule has 0 spiro atoms. The molecular formula is C12H27N3. The van der Waals surface area contributed by atoms with Gasteiger partial charge >= 0.3 is 0 Å². The van der Waals surface area contributed by atoms with Crippen LogP contribution in [0.4, 0.5) is 0 Å². The van der Waals surface area contributed by atoms with Gasteiger partial charge in [-0.05, 0) is 39.7 Å². The Labute approximate surface area is 95.1 Å². The number of hydrogen-bond acceptors (Lipinski definition) is 3. The predicted octanol–water partition coefficient (Wildman–Crippen LogP) is 1.04. The lowest BCUT2D eigenvalue weighted by Gasteiger charge is -2.20. The van der Waals surface area contributed by atoms with E-state index in [4.69, 9.17) is 0 Å². The lowest BCUT2D eigenvalue weighted by molar-refractivity contribution is 0.296. The fourth-order valence-corrected chi connectivity index (χ4v) is 1.33. The third kappa shape index (κ3) is 9.91. The summed E-state index contributed by atoms with van der Waals surface area (Å²) in [6.45, 7) is 11.5. The van der Waals surface area contributed by atoms with E-state index < -0.39 is 0 Å². The zero-order valence-corrected chi connectivity index (χ0v) is 10.8. The molecular weight excluding hydrogens is 186 g/mol. The van der Waals surface area contributed by atoms with Crippen molar-refractivity contribution < 1.29 is 0 Å². The van der Waals surface area contributed by atoms with Gasteiger partial charge in [-0.2, -0.15) is 0 Å². The van der Waals surface area contributed by atoms with Crippen LogP contribution >= 0.6 is 0 Å². The van der Waals surface area contributed by atoms with Gasteiger partial charge in [0.1, 0.15) is 0 Å². The first kappa shape index (κ1) is 14.6. The van der Waals surface area contributed by atoms with E-state index in [1.807, 2.05) is 0 Å². The van der Waals surface area contributed by atoms with Crippen molar-refractivity contribution in [2.75, 3.05) is 53.9 Å². The minimum atomic E-state index is 0.945. The van der Waals surface area contributed by atoms with Gasteiger partial charge in [0.2, 0.25) is 0 Å². The number of rotatable bonds is 9. The van der Waals surface area contributed by atoms with Crippen LogP contribution in [0.25, 0.3) is 0 Å². The summed E-state index contributed by atoms with van der Waals surface area (Å²) in [5, 5.41) is 3.37. The maximum absolute atomic E-state index is 4.08. The number of nitrogens with one attached hydrogen (secondary N) is 1. The van der Waals surface area contributed by atoms with E-state index in [-0.39, 0.29) is 0 Å². The number of nitrogens with zero attached hydrogens (tertiary/aromatic N) is 2. The highest BCUT2D eigenvalue weighted by Crippen LogP contribution is 1.93. The van der Waals surface area contributed by atoms with Crippen LogP contribution in [0.2, 0.25) is 0 Å². The highest BCUT2D eigenvalue weighted by Gasteiger charge is 2.01. The van der Waals surface area contributed by atoms with Crippen LogP contribution in [-0.2, 0) is 0 Å². The summed E-state index contributed by atoms with van der Waals surface area (Å²) in [6, 6.07) is 0. The van der Waals surface area contributed by atoms with E-state index in [1.54, 1.807) is 0 Å². The predicted molar refractivity (Wildman–Crippen MR) is 68.4 cm³/mol. The van der Waals surface area contributed by atoms with Crippen LogP contribution in [0.1, 0.15) is 13.3 Å². The van der Waals surface area contributed by atoms with Gasteiger partial charge in [0.25, 0.3) is 0 Å². The molecule has 0 atom stereocenters. The summed E-state index contributed by atoms with van der Waals surface area (Å²) in [5.74, 6) is 0. The molecule has 3 heteroatoms. The van der Waals surface area contributed by atoms with Gasteiger partial charge in [0.15, 0.2) is 0 Å². The molecule has 0 amide bonds. The minimum Gasteiger partial charge on any atom is -0.313 e. The Hall–Kier alpha value is -0.380. The lowest BCUT2D eigenvalue weighted by atomic mass is 10.2. The average molecular weight is 213 g/mol. The first-order valence-electron chi connectivity index (χ1n) is 5.77. The summed E-state index contributed by atoms with van der Waals surface area (Å²) in [7, 11) is 6.35. The second-order valence-corrected chi connectivity index (χ2v) is 4.47. The molecule has 3 nitrogen and oxygen atoms in total. The molecule has 0 aromatic carbocycles. The van der Waals surface area contributed by atoms with Gasteiger partial charge in [0, 0.05) is 26.2 Å². The zero-order valence-electron chi connectivity index (χ0n) is 10.8. The molecule has 1 N–H and O–H groups in total. The molecule has 0 bridgehead atoms. The maximum Gasteiger partial charge on any atom is 0.0200 e. The van der Waals surface area contributed by atoms with Crippen molar-refractivity contribution in [3.05, 3.63) is 12.2 Å². The Morgan fingerprint density at radius 2 is 1.87 bits per heavy atom. The van der Waals surface area contributed by atoms with Crippen LogP contribution in [-0.4, -0.2) is 63.7 Å². The summed E-state index contributed by atoms with van der Waals surface area (Å²) in [6.07, 6.45) is 1.18. The van der Waals surface area contributed by atoms with Crippen LogP contribution in [0.5, 0.6) is 0 Å². The van der Waals surface area contributed by atoms with Gasteiger partial charge in [-0.25, -0.2) is 0 Å². The molecule has 0 saturated carbocycles. The van der Waals surface area contributed by atoms with Gasteiger partial charge in [-0.3, -0.25) is 0 Å². The van der Waals surface area contributed by atoms with Crippen molar-refractivity contribution >= 4 is 0 Å². The average Bonchev–Trinajstić information content (AvgIpc) is 2.15. The molecule has 0 aliphatic heterocycles. The standard InChI is InChI=1S/C12H27N3/c1-6-7-13-10-12(2)11-15(5)9-8-14(3)4/h13H,2,6-11H2,1,3-5H3. The van der Waals surface area contributed by atoms with Gasteiger partial charge < -0.3 is 15.1 Å². The Balaban J connectivity index is 3.49. The first-order chi connectivity index (χ1) is 7.06. The molecule has 0 radical (unpaired) electrons. The summed E-state index contributed by atoms with van der Waals surface area (Å²) in [5.41, 5.74) is 1.27. The number of likely N-dealkylation sites (N-methyl/N-ethyl adjacent to an activating group) is 2. The Morgan fingerprint density at radius 3 is 2.40 bits per heavy atom. The molecule has 0 fully saturated rings. The fraction of sp³-hybridized carbons (Fsp3) is 0.833. The van der Waals surface area contributed by atoms with Crippen molar-refractivity contribution in [2.24, 2.45) is 0 Å². The first-order valence-corrected chi connectivity index (χ1v) is 5.77. The summed E-state index contributed by atoms with van der Waals surface area (Å²) < 4.78 is 0. The van der Waals surface area contributed by atoms with E-state index >= 15 is 0 Å². The Kier molecular flexibility index (Phi) is 8.67. The second-order valence-electron chi connectivity index (χ2n) is 4.47. The zero-order chi connectivity index (χ0) is 11.7. The maximum atomic E-state index is 4.08. The Morgan fingerprint density at radius 1 is 1.20 bits per heavy atom. The molecule has 0 heterocycles. The second kappa shape index (κ2) is 8.89. The summed E-state index contributed by atoms with van der Waals surface area (Å²) >= 11 is 0. The fourth-order valence-electron chi connectivity index (χ4n) is 1.33. The van der Waals surface area contributed by atoms with E-state index in [9.17, 15) is 0 Å². The van der Waals surface area contributed by atoms with Crippen molar-refractivity contribution in [1.82, 2.24) is 15.1 Å². The van der Waals surface area contributed by atoms with Crippen LogP contribution in [0, 0.1) is 0 Å². The molecule has 0 unspecified atom stereocenters. The third-order valence-corrected chi connectivity index (χ3v) is 2.22. The molecule has 0 aliphatic carbocycles. The van der Waals surface area contributed by atoms with E-state index in [0.717, 1.165) is 32.7 Å². The minimum absolute atomic E-state index is 0.945. The summed E-state index contributed by atoms with van der Waals surface area (Å²) in [4.78, 5) is 4.52. The van der Waals surface area contributed by atoms with Gasteiger partial charge in [0.05, 0.1) is 0 Å². The van der Waals surface area contributed by atoms with E-state index in [0.29, 0.717) is 0 Å². The van der Waals surface area contributed by atoms with Crippen molar-refractivity contribution in [2.45, 2.75) is 13.3 Å². The van der Waals surface area contributed by atoms with Gasteiger partial charge in [-0.15, -0.1) is 0 Å². The lowest BCUT2D eigenvalue weighted by Crippen LogP contribution is -2.32. The van der Waals surface area contributed by atoms with E-state index in [1.165, 1.54) is 12.0 Å². The quantitative estimate of drug-likeness (QED) is 0.456. The molecule has 15 heavy (non-hydrogen) atoms. The van der Waals surface area contributed by atoms with Crippen molar-refractivity contribution in [3.63, 3.8) is 0 Å². The smallest absolute Gasteiger partial charge is 0.0200 e. The molecule has 0 aromatic heterocycles. The van der Waals surface area contributed by atoms with Crippen molar-refractivity contribution in [1.29, 1.82) is 0 Å². The van der Waals surface area contributed by atoms with E-state index in [2.05, 4.69) is 49.8 Å². The number of hydrogen-bond donors (Lipinski definition) is 1. The molecule has 0 saturated heterocycles. The molecule has 0 rings (SSSR count). The molecule has 90 valence electrons. The SMILES string of the molecule is C=C(CNCCC)CN(C)CCN(C)C. The normalized spacial score (nSPS) is 11.3. The highest BCUT2D eigenvalue weighted by molar-refractivity contribution is 4.99. The van der Waals surface area contributed by atoms with Crippen LogP contribution in [0.3, 0.4) is 0 Å². The third-order valence-electron chi connectivity index (χ3n) is 2.22. The monoisotopic (exact) mass is 213 g/mol. The highest BCUT2D eigenvalue weighted by atomic mass is 15.1.